The summed E-state index contributed by atoms with van der Waals surface area (Å²) in [6.45, 7) is 1.30. The normalized spacial score (nSPS) is 15.1. The molecule has 202 valence electrons. The highest BCUT2D eigenvalue weighted by molar-refractivity contribution is 6.31. The average Bonchev–Trinajstić information content (AvgIpc) is 3.38. The number of piperidine rings is 1. The molecule has 0 radical (unpaired) electrons. The largest absolute Gasteiger partial charge is 0.341 e. The molecule has 0 spiro atoms. The van der Waals surface area contributed by atoms with Crippen LogP contribution in [0.15, 0.2) is 71.9 Å². The fourth-order valence-corrected chi connectivity index (χ4v) is 5.32. The summed E-state index contributed by atoms with van der Waals surface area (Å²) >= 11 is 12.3. The lowest BCUT2D eigenvalue weighted by molar-refractivity contribution is -0.136. The van der Waals surface area contributed by atoms with Gasteiger partial charge in [0, 0.05) is 42.2 Å². The predicted molar refractivity (Wildman–Crippen MR) is 151 cm³/mol. The van der Waals surface area contributed by atoms with Crippen LogP contribution >= 0.6 is 23.2 Å². The Hall–Kier alpha value is -3.53. The molecule has 1 saturated heterocycles. The summed E-state index contributed by atoms with van der Waals surface area (Å²) in [7, 11) is 4.13. The smallest absolute Gasteiger partial charge is 0.254 e. The molecule has 9 nitrogen and oxygen atoms in total. The standard InChI is InChI=1S/C28H29Cl2N7O2/c1-34(2)21-10-12-35(13-11-21)28(39)25(14-19-6-4-3-5-7-19)36-18-31-23(16-27(36)38)22-15-20(29)8-9-24(22)37-17-26(30)32-33-37/h3-9,15-18,21,25H,10-14H2,1-2H3/t25-/m0/s1. The Morgan fingerprint density at radius 2 is 1.82 bits per heavy atom. The lowest BCUT2D eigenvalue weighted by Gasteiger charge is -2.37. The van der Waals surface area contributed by atoms with Crippen LogP contribution in [0.5, 0.6) is 0 Å². The van der Waals surface area contributed by atoms with E-state index >= 15 is 0 Å². The molecular formula is C28H29Cl2N7O2. The van der Waals surface area contributed by atoms with Crippen molar-refractivity contribution in [3.8, 4) is 16.9 Å². The summed E-state index contributed by atoms with van der Waals surface area (Å²) in [5, 5.41) is 8.58. The topological polar surface area (TPSA) is 89.2 Å². The van der Waals surface area contributed by atoms with Crippen LogP contribution in [0.3, 0.4) is 0 Å². The molecule has 1 aliphatic rings. The van der Waals surface area contributed by atoms with Crippen LogP contribution in [-0.4, -0.2) is 73.5 Å². The summed E-state index contributed by atoms with van der Waals surface area (Å²) in [4.78, 5) is 36.1. The van der Waals surface area contributed by atoms with Gasteiger partial charge < -0.3 is 9.80 Å². The van der Waals surface area contributed by atoms with E-state index in [2.05, 4.69) is 34.3 Å². The monoisotopic (exact) mass is 565 g/mol. The number of halogens is 2. The molecule has 0 aliphatic carbocycles. The molecule has 1 atom stereocenters. The van der Waals surface area contributed by atoms with E-state index in [0.29, 0.717) is 47.5 Å². The van der Waals surface area contributed by atoms with Gasteiger partial charge in [0.1, 0.15) is 6.04 Å². The number of rotatable bonds is 7. The molecule has 0 bridgehead atoms. The first-order valence-corrected chi connectivity index (χ1v) is 13.5. The van der Waals surface area contributed by atoms with Crippen molar-refractivity contribution in [3.05, 3.63) is 93.2 Å². The molecule has 0 N–H and O–H groups in total. The third-order valence-electron chi connectivity index (χ3n) is 7.18. The molecule has 2 aromatic carbocycles. The van der Waals surface area contributed by atoms with Gasteiger partial charge in [0.2, 0.25) is 5.91 Å². The fraction of sp³-hybridized carbons (Fsp3) is 0.321. The van der Waals surface area contributed by atoms with Crippen molar-refractivity contribution in [3.63, 3.8) is 0 Å². The summed E-state index contributed by atoms with van der Waals surface area (Å²) in [6, 6.07) is 16.1. The van der Waals surface area contributed by atoms with Gasteiger partial charge in [0.25, 0.3) is 5.56 Å². The van der Waals surface area contributed by atoms with E-state index in [1.54, 1.807) is 24.4 Å². The number of hydrogen-bond acceptors (Lipinski definition) is 6. The first-order valence-electron chi connectivity index (χ1n) is 12.8. The molecule has 3 heterocycles. The molecule has 39 heavy (non-hydrogen) atoms. The Morgan fingerprint density at radius 3 is 2.46 bits per heavy atom. The minimum atomic E-state index is -0.717. The maximum absolute atomic E-state index is 13.8. The molecule has 0 saturated carbocycles. The third kappa shape index (κ3) is 6.06. The predicted octanol–water partition coefficient (Wildman–Crippen LogP) is 4.13. The van der Waals surface area contributed by atoms with Gasteiger partial charge in [0.15, 0.2) is 5.15 Å². The Morgan fingerprint density at radius 1 is 1.08 bits per heavy atom. The first-order chi connectivity index (χ1) is 18.8. The van der Waals surface area contributed by atoms with Crippen LogP contribution in [0, 0.1) is 0 Å². The molecule has 1 fully saturated rings. The SMILES string of the molecule is CN(C)C1CCN(C(=O)[C@H](Cc2ccccc2)n2cnc(-c3cc(Cl)ccc3-n3cc(Cl)nn3)cc2=O)CC1. The number of nitrogens with zero attached hydrogens (tertiary/aromatic N) is 7. The van der Waals surface area contributed by atoms with Gasteiger partial charge in [-0.3, -0.25) is 14.2 Å². The quantitative estimate of drug-likeness (QED) is 0.334. The van der Waals surface area contributed by atoms with Crippen molar-refractivity contribution >= 4 is 29.1 Å². The summed E-state index contributed by atoms with van der Waals surface area (Å²) < 4.78 is 2.94. The zero-order chi connectivity index (χ0) is 27.5. The highest BCUT2D eigenvalue weighted by Crippen LogP contribution is 2.28. The molecule has 5 rings (SSSR count). The molecule has 4 aromatic rings. The highest BCUT2D eigenvalue weighted by Gasteiger charge is 2.31. The molecular weight excluding hydrogens is 537 g/mol. The van der Waals surface area contributed by atoms with Crippen LogP contribution < -0.4 is 5.56 Å². The number of hydrogen-bond donors (Lipinski definition) is 0. The number of aromatic nitrogens is 5. The van der Waals surface area contributed by atoms with E-state index in [0.717, 1.165) is 18.4 Å². The van der Waals surface area contributed by atoms with Crippen molar-refractivity contribution in [2.75, 3.05) is 27.2 Å². The van der Waals surface area contributed by atoms with E-state index in [1.165, 1.54) is 21.6 Å². The van der Waals surface area contributed by atoms with Crippen LogP contribution in [0.25, 0.3) is 16.9 Å². The Bertz CT molecular complexity index is 1510. The Labute approximate surface area is 236 Å². The van der Waals surface area contributed by atoms with Crippen molar-refractivity contribution in [1.82, 2.24) is 34.3 Å². The third-order valence-corrected chi connectivity index (χ3v) is 7.59. The average molecular weight is 566 g/mol. The van der Waals surface area contributed by atoms with Crippen LogP contribution in [-0.2, 0) is 11.2 Å². The van der Waals surface area contributed by atoms with Crippen molar-refractivity contribution in [2.45, 2.75) is 31.3 Å². The zero-order valence-electron chi connectivity index (χ0n) is 21.7. The maximum atomic E-state index is 13.8. The van der Waals surface area contributed by atoms with Gasteiger partial charge >= 0.3 is 0 Å². The van der Waals surface area contributed by atoms with Crippen molar-refractivity contribution in [2.24, 2.45) is 0 Å². The summed E-state index contributed by atoms with van der Waals surface area (Å²) in [5.41, 5.74) is 2.24. The van der Waals surface area contributed by atoms with Crippen LogP contribution in [0.1, 0.15) is 24.4 Å². The second kappa shape index (κ2) is 11.7. The van der Waals surface area contributed by atoms with E-state index in [1.807, 2.05) is 35.2 Å². The first kappa shape index (κ1) is 27.1. The van der Waals surface area contributed by atoms with Crippen LogP contribution in [0.4, 0.5) is 0 Å². The minimum absolute atomic E-state index is 0.0755. The minimum Gasteiger partial charge on any atom is -0.341 e. The van der Waals surface area contributed by atoms with E-state index in [4.69, 9.17) is 23.2 Å². The van der Waals surface area contributed by atoms with Gasteiger partial charge in [-0.15, -0.1) is 5.10 Å². The lowest BCUT2D eigenvalue weighted by Crippen LogP contribution is -2.48. The van der Waals surface area contributed by atoms with Gasteiger partial charge in [0.05, 0.1) is 23.9 Å². The summed E-state index contributed by atoms with van der Waals surface area (Å²) in [5.74, 6) is -0.0755. The van der Waals surface area contributed by atoms with Gasteiger partial charge in [-0.05, 0) is 50.7 Å². The second-order valence-corrected chi connectivity index (χ2v) is 10.7. The van der Waals surface area contributed by atoms with Gasteiger partial charge in [-0.25, -0.2) is 9.67 Å². The second-order valence-electron chi connectivity index (χ2n) is 9.89. The molecule has 2 aromatic heterocycles. The molecule has 11 heteroatoms. The highest BCUT2D eigenvalue weighted by atomic mass is 35.5. The van der Waals surface area contributed by atoms with Crippen molar-refractivity contribution in [1.29, 1.82) is 0 Å². The number of likely N-dealkylation sites (tertiary alicyclic amines) is 1. The van der Waals surface area contributed by atoms with Crippen molar-refractivity contribution < 1.29 is 4.79 Å². The molecule has 0 unspecified atom stereocenters. The number of benzene rings is 2. The Balaban J connectivity index is 1.49. The number of amides is 1. The molecule has 1 amide bonds. The fourth-order valence-electron chi connectivity index (χ4n) is 5.02. The maximum Gasteiger partial charge on any atom is 0.254 e. The van der Waals surface area contributed by atoms with Gasteiger partial charge in [-0.2, -0.15) is 0 Å². The van der Waals surface area contributed by atoms with Crippen LogP contribution in [0.2, 0.25) is 10.2 Å². The summed E-state index contributed by atoms with van der Waals surface area (Å²) in [6.07, 6.45) is 5.19. The number of carbonyl (C=O) groups excluding carboxylic acids is 1. The van der Waals surface area contributed by atoms with E-state index in [9.17, 15) is 9.59 Å². The molecule has 1 aliphatic heterocycles. The van der Waals surface area contributed by atoms with E-state index < -0.39 is 6.04 Å². The number of carbonyl (C=O) groups is 1. The van der Waals surface area contributed by atoms with E-state index in [-0.39, 0.29) is 16.6 Å². The lowest BCUT2D eigenvalue weighted by atomic mass is 10.0. The van der Waals surface area contributed by atoms with Gasteiger partial charge in [-0.1, -0.05) is 58.7 Å². The Kier molecular flexibility index (Phi) is 8.11. The zero-order valence-corrected chi connectivity index (χ0v) is 23.3.